The summed E-state index contributed by atoms with van der Waals surface area (Å²) in [4.78, 5) is 3.78. The number of hydrogen-bond acceptors (Lipinski definition) is 2. The minimum Gasteiger partial charge on any atom is -0.340 e. The van der Waals surface area contributed by atoms with Crippen LogP contribution >= 0.6 is 11.8 Å². The molecule has 1 aliphatic rings. The first-order chi connectivity index (χ1) is 7.95. The molecular weight excluding hydrogens is 214 g/mol. The van der Waals surface area contributed by atoms with Crippen LogP contribution in [0.2, 0.25) is 0 Å². The first-order valence-electron chi connectivity index (χ1n) is 5.49. The molecule has 0 bridgehead atoms. The van der Waals surface area contributed by atoms with Crippen molar-refractivity contribution in [1.82, 2.24) is 0 Å². The molecule has 1 nitrogen and oxygen atoms in total. The fourth-order valence-corrected chi connectivity index (χ4v) is 3.04. The van der Waals surface area contributed by atoms with Gasteiger partial charge in [0, 0.05) is 22.9 Å². The summed E-state index contributed by atoms with van der Waals surface area (Å²) in [6.07, 6.45) is 0. The third-order valence-corrected chi connectivity index (χ3v) is 3.84. The van der Waals surface area contributed by atoms with Gasteiger partial charge in [-0.1, -0.05) is 30.3 Å². The standard InChI is InChI=1S/C14H13NS/c1-2-6-12(7-3-1)15-10-11-16-14-9-5-4-8-13(14)15/h1-9H,10-11H2. The highest BCUT2D eigenvalue weighted by Gasteiger charge is 2.17. The van der Waals surface area contributed by atoms with Crippen molar-refractivity contribution in [1.29, 1.82) is 0 Å². The summed E-state index contributed by atoms with van der Waals surface area (Å²) in [5.41, 5.74) is 2.63. The number of benzene rings is 2. The molecule has 0 unspecified atom stereocenters. The SMILES string of the molecule is c1ccc(N2CCSc3ccccc32)cc1. The molecule has 0 fully saturated rings. The summed E-state index contributed by atoms with van der Waals surface area (Å²) < 4.78 is 0. The Balaban J connectivity index is 2.05. The highest BCUT2D eigenvalue weighted by molar-refractivity contribution is 7.99. The molecule has 0 spiro atoms. The van der Waals surface area contributed by atoms with Crippen molar-refractivity contribution in [2.45, 2.75) is 4.90 Å². The van der Waals surface area contributed by atoms with E-state index in [-0.39, 0.29) is 0 Å². The van der Waals surface area contributed by atoms with Crippen LogP contribution in [0.4, 0.5) is 11.4 Å². The van der Waals surface area contributed by atoms with Crippen molar-refractivity contribution in [2.75, 3.05) is 17.2 Å². The van der Waals surface area contributed by atoms with E-state index in [1.54, 1.807) is 0 Å². The van der Waals surface area contributed by atoms with Crippen molar-refractivity contribution in [3.63, 3.8) is 0 Å². The number of thioether (sulfide) groups is 1. The van der Waals surface area contributed by atoms with Gasteiger partial charge in [-0.05, 0) is 24.3 Å². The lowest BCUT2D eigenvalue weighted by Gasteiger charge is -2.30. The van der Waals surface area contributed by atoms with Gasteiger partial charge in [0.2, 0.25) is 0 Å². The monoisotopic (exact) mass is 227 g/mol. The molecule has 2 aromatic carbocycles. The molecule has 80 valence electrons. The predicted octanol–water partition coefficient (Wildman–Crippen LogP) is 3.93. The maximum atomic E-state index is 2.39. The molecule has 16 heavy (non-hydrogen) atoms. The molecule has 0 saturated heterocycles. The molecule has 1 heterocycles. The minimum absolute atomic E-state index is 1.09. The van der Waals surface area contributed by atoms with E-state index >= 15 is 0 Å². The molecule has 0 N–H and O–H groups in total. The van der Waals surface area contributed by atoms with Crippen LogP contribution in [0.15, 0.2) is 59.5 Å². The van der Waals surface area contributed by atoms with Gasteiger partial charge in [-0.15, -0.1) is 11.8 Å². The minimum atomic E-state index is 1.09. The molecule has 0 aromatic heterocycles. The van der Waals surface area contributed by atoms with E-state index in [0.717, 1.165) is 12.3 Å². The zero-order valence-corrected chi connectivity index (χ0v) is 9.78. The number of hydrogen-bond donors (Lipinski definition) is 0. The van der Waals surface area contributed by atoms with Gasteiger partial charge >= 0.3 is 0 Å². The van der Waals surface area contributed by atoms with Crippen LogP contribution in [0.3, 0.4) is 0 Å². The third kappa shape index (κ3) is 1.69. The Kier molecular flexibility index (Phi) is 2.58. The first-order valence-corrected chi connectivity index (χ1v) is 6.48. The van der Waals surface area contributed by atoms with E-state index in [4.69, 9.17) is 0 Å². The lowest BCUT2D eigenvalue weighted by atomic mass is 10.2. The second kappa shape index (κ2) is 4.22. The van der Waals surface area contributed by atoms with Crippen LogP contribution < -0.4 is 4.90 Å². The Morgan fingerprint density at radius 3 is 2.50 bits per heavy atom. The number of para-hydroxylation sites is 2. The lowest BCUT2D eigenvalue weighted by Crippen LogP contribution is -2.23. The largest absolute Gasteiger partial charge is 0.340 e. The van der Waals surface area contributed by atoms with Gasteiger partial charge in [0.05, 0.1) is 5.69 Å². The molecule has 1 aliphatic heterocycles. The van der Waals surface area contributed by atoms with Crippen molar-refractivity contribution >= 4 is 23.1 Å². The van der Waals surface area contributed by atoms with Crippen LogP contribution in [0.25, 0.3) is 0 Å². The van der Waals surface area contributed by atoms with Crippen LogP contribution in [0.5, 0.6) is 0 Å². The van der Waals surface area contributed by atoms with Crippen molar-refractivity contribution in [3.8, 4) is 0 Å². The second-order valence-corrected chi connectivity index (χ2v) is 4.94. The van der Waals surface area contributed by atoms with Gasteiger partial charge in [-0.3, -0.25) is 0 Å². The van der Waals surface area contributed by atoms with Crippen molar-refractivity contribution in [2.24, 2.45) is 0 Å². The van der Waals surface area contributed by atoms with E-state index in [9.17, 15) is 0 Å². The Bertz CT molecular complexity index is 481. The molecule has 3 rings (SSSR count). The molecule has 0 aliphatic carbocycles. The van der Waals surface area contributed by atoms with Crippen LogP contribution in [0.1, 0.15) is 0 Å². The molecule has 0 atom stereocenters. The Morgan fingerprint density at radius 1 is 0.875 bits per heavy atom. The van der Waals surface area contributed by atoms with Crippen LogP contribution in [-0.4, -0.2) is 12.3 Å². The second-order valence-electron chi connectivity index (χ2n) is 3.80. The molecule has 0 amide bonds. The van der Waals surface area contributed by atoms with Crippen LogP contribution in [0, 0.1) is 0 Å². The number of fused-ring (bicyclic) bond motifs is 1. The summed E-state index contributed by atoms with van der Waals surface area (Å²) in [7, 11) is 0. The van der Waals surface area contributed by atoms with E-state index in [2.05, 4.69) is 59.5 Å². The van der Waals surface area contributed by atoms with Gasteiger partial charge in [0.25, 0.3) is 0 Å². The number of rotatable bonds is 1. The summed E-state index contributed by atoms with van der Waals surface area (Å²) in [6.45, 7) is 1.09. The zero-order chi connectivity index (χ0) is 10.8. The molecule has 0 radical (unpaired) electrons. The Hall–Kier alpha value is -1.41. The lowest BCUT2D eigenvalue weighted by molar-refractivity contribution is 0.996. The van der Waals surface area contributed by atoms with Crippen molar-refractivity contribution < 1.29 is 0 Å². The predicted molar refractivity (Wildman–Crippen MR) is 70.6 cm³/mol. The zero-order valence-electron chi connectivity index (χ0n) is 8.97. The van der Waals surface area contributed by atoms with Gasteiger partial charge in [0.15, 0.2) is 0 Å². The fourth-order valence-electron chi connectivity index (χ4n) is 2.05. The summed E-state index contributed by atoms with van der Waals surface area (Å²) in [6, 6.07) is 19.2. The van der Waals surface area contributed by atoms with Gasteiger partial charge in [-0.25, -0.2) is 0 Å². The van der Waals surface area contributed by atoms with E-state index in [0.29, 0.717) is 0 Å². The average Bonchev–Trinajstić information content (AvgIpc) is 2.39. The molecule has 2 heteroatoms. The fraction of sp³-hybridized carbons (Fsp3) is 0.143. The maximum Gasteiger partial charge on any atom is 0.0549 e. The molecule has 0 saturated carbocycles. The van der Waals surface area contributed by atoms with Gasteiger partial charge < -0.3 is 4.90 Å². The molecule has 2 aromatic rings. The molecular formula is C14H13NS. The van der Waals surface area contributed by atoms with E-state index in [1.807, 2.05) is 11.8 Å². The highest BCUT2D eigenvalue weighted by Crippen LogP contribution is 2.38. The van der Waals surface area contributed by atoms with Crippen LogP contribution in [-0.2, 0) is 0 Å². The number of nitrogens with zero attached hydrogens (tertiary/aromatic N) is 1. The third-order valence-electron chi connectivity index (χ3n) is 2.80. The number of anilines is 2. The van der Waals surface area contributed by atoms with E-state index < -0.39 is 0 Å². The quantitative estimate of drug-likeness (QED) is 0.726. The normalized spacial score (nSPS) is 14.6. The smallest absolute Gasteiger partial charge is 0.0549 e. The summed E-state index contributed by atoms with van der Waals surface area (Å²) >= 11 is 1.95. The average molecular weight is 227 g/mol. The maximum absolute atomic E-state index is 2.39. The summed E-state index contributed by atoms with van der Waals surface area (Å²) in [5, 5.41) is 0. The van der Waals surface area contributed by atoms with Gasteiger partial charge in [-0.2, -0.15) is 0 Å². The Labute approximate surface area is 100 Å². The summed E-state index contributed by atoms with van der Waals surface area (Å²) in [5.74, 6) is 1.16. The highest BCUT2D eigenvalue weighted by atomic mass is 32.2. The Morgan fingerprint density at radius 2 is 1.62 bits per heavy atom. The topological polar surface area (TPSA) is 3.24 Å². The van der Waals surface area contributed by atoms with Crippen molar-refractivity contribution in [3.05, 3.63) is 54.6 Å². The van der Waals surface area contributed by atoms with Gasteiger partial charge in [0.1, 0.15) is 0 Å². The van der Waals surface area contributed by atoms with E-state index in [1.165, 1.54) is 16.3 Å². The first kappa shape index (κ1) is 9.79.